The molecule has 0 saturated heterocycles. The molecule has 6 rings (SSSR count). The molecule has 1 N–H and O–H groups in total. The van der Waals surface area contributed by atoms with Crippen LogP contribution in [0.1, 0.15) is 138 Å². The fraction of sp³-hybridized carbons (Fsp3) is 0.333. The summed E-state index contributed by atoms with van der Waals surface area (Å²) >= 11 is 5.98. The topological polar surface area (TPSA) is 20.2 Å². The first-order valence-corrected chi connectivity index (χ1v) is 17.2. The fourth-order valence-electron chi connectivity index (χ4n) is 6.98. The van der Waals surface area contributed by atoms with Crippen molar-refractivity contribution < 1.29 is 70.1 Å². The molecule has 0 heterocycles. The first-order chi connectivity index (χ1) is 36.7. The molecule has 0 saturated carbocycles. The van der Waals surface area contributed by atoms with Crippen molar-refractivity contribution in [3.8, 4) is 22.3 Å². The highest BCUT2D eigenvalue weighted by Crippen LogP contribution is 2.49. The molecule has 0 atom stereocenters. The van der Waals surface area contributed by atoms with Crippen molar-refractivity contribution in [2.24, 2.45) is 10.8 Å². The maximum Gasteiger partial charge on any atom is 0.263 e. The summed E-state index contributed by atoms with van der Waals surface area (Å²) in [5.41, 5.74) is 6.60. The molecule has 0 bridgehead atoms. The highest BCUT2D eigenvalue weighted by Gasteiger charge is 2.32. The predicted octanol–water partition coefficient (Wildman–Crippen LogP) is 16.7. The van der Waals surface area contributed by atoms with Gasteiger partial charge in [-0.3, -0.25) is 0 Å². The van der Waals surface area contributed by atoms with Gasteiger partial charge < -0.3 is 5.11 Å². The molecule has 0 radical (unpaired) electrons. The molecule has 0 aromatic heterocycles. The van der Waals surface area contributed by atoms with Gasteiger partial charge in [0.05, 0.1) is 6.61 Å². The molecule has 0 aliphatic heterocycles. The van der Waals surface area contributed by atoms with Gasteiger partial charge in [0.1, 0.15) is 11.6 Å². The van der Waals surface area contributed by atoms with Crippen LogP contribution in [0.3, 0.4) is 0 Å². The summed E-state index contributed by atoms with van der Waals surface area (Å²) in [6.07, 6.45) is 2.85. The molecule has 1 nitrogen and oxygen atoms in total. The van der Waals surface area contributed by atoms with Crippen molar-refractivity contribution in [3.63, 3.8) is 0 Å². The van der Waals surface area contributed by atoms with Crippen molar-refractivity contribution >= 4 is 22.7 Å². The van der Waals surface area contributed by atoms with Gasteiger partial charge in [-0.25, -0.2) is 26.3 Å². The van der Waals surface area contributed by atoms with Gasteiger partial charge >= 0.3 is 0 Å². The summed E-state index contributed by atoms with van der Waals surface area (Å²) < 4.78 is 211. The Balaban J connectivity index is -0.000000118. The normalized spacial score (nSPS) is 18.4. The number of alkyl halides is 5. The number of aliphatic hydroxyl groups is 1. The third-order valence-electron chi connectivity index (χ3n) is 9.84. The third kappa shape index (κ3) is 7.89. The van der Waals surface area contributed by atoms with E-state index in [0.29, 0.717) is 22.6 Å². The third-order valence-corrected chi connectivity index (χ3v) is 10.2. The van der Waals surface area contributed by atoms with E-state index in [1.54, 1.807) is 18.2 Å². The van der Waals surface area contributed by atoms with E-state index in [-0.39, 0.29) is 39.7 Å². The van der Waals surface area contributed by atoms with Crippen LogP contribution in [0.5, 0.6) is 0 Å². The van der Waals surface area contributed by atoms with Crippen LogP contribution in [0, 0.1) is 22.5 Å². The maximum absolute atomic E-state index is 14.5. The van der Waals surface area contributed by atoms with E-state index < -0.39 is 24.5 Å². The SMILES string of the molecule is CC1(C)CCC=C1c1cc(CCl)ccc1-c1cc(C(F)F)ccc1F.CC1(C)CCC=C1c1cc(CO)ccc1-c1cc(C(F)F)ccc1F.[3H][3H].[3H][3H].[3H][3H].[3H][3H].[3H][3H].[3H][3H].[3H][3H].[3H][3H].[3H][3H].[3H][3H].[3H][3H].[3H][3H].[3H][3H]. The summed E-state index contributed by atoms with van der Waals surface area (Å²) in [5, 5.41) is 9.48. The van der Waals surface area contributed by atoms with E-state index in [9.17, 15) is 31.4 Å². The Morgan fingerprint density at radius 2 is 1.04 bits per heavy atom. The standard InChI is InChI=1S/C21H20ClF3.C21H21F3O.13H2/c1-21(2)9-3-4-18(21)16-10-13(12-22)5-7-15(16)17-11-14(20(24)25)6-8-19(17)23;1-21(2)9-3-4-18(21)16-10-13(12-25)5-7-15(16)17-11-14(20(23)24)6-8-19(17)22;;;;;;;;;;;;;/h4-8,10-11,20H,3,9,12H2,1-2H3;4-8,10-11,20,25H,3,9,12H2,1-2H3;13*1H/i;;13*1+2T. The van der Waals surface area contributed by atoms with Gasteiger partial charge in [-0.2, -0.15) is 0 Å². The maximum atomic E-state index is 14.5. The van der Waals surface area contributed by atoms with Gasteiger partial charge in [0.25, 0.3) is 12.9 Å². The number of benzene rings is 4. The average Bonchev–Trinajstić information content (AvgIpc) is 4.06. The Morgan fingerprint density at radius 1 is 0.620 bits per heavy atom. The smallest absolute Gasteiger partial charge is 0.263 e. The van der Waals surface area contributed by atoms with Gasteiger partial charge in [0.2, 0.25) is 0 Å². The van der Waals surface area contributed by atoms with Crippen LogP contribution >= 0.6 is 11.6 Å². The Labute approximate surface area is 335 Å². The molecule has 290 valence electrons. The van der Waals surface area contributed by atoms with Gasteiger partial charge in [0.15, 0.2) is 0 Å². The minimum atomic E-state index is -2.65. The van der Waals surface area contributed by atoms with E-state index in [1.165, 1.54) is 12.1 Å². The fourth-order valence-corrected chi connectivity index (χ4v) is 7.14. The molecular weight excluding hydrogens is 670 g/mol. The minimum Gasteiger partial charge on any atom is -0.392 e. The van der Waals surface area contributed by atoms with Crippen LogP contribution < -0.4 is 0 Å². The summed E-state index contributed by atoms with van der Waals surface area (Å²) in [6.45, 7) is 8.41. The van der Waals surface area contributed by atoms with Gasteiger partial charge in [-0.05, 0) is 117 Å². The molecule has 0 spiro atoms. The first-order valence-electron chi connectivity index (χ1n) is 29.7. The molecule has 0 amide bonds. The number of aliphatic hydroxyl groups excluding tert-OH is 1. The number of rotatable bonds is 8. The number of hydrogen-bond donors (Lipinski definition) is 1. The quantitative estimate of drug-likeness (QED) is 0.139. The molecule has 4 aromatic rings. The van der Waals surface area contributed by atoms with E-state index in [1.807, 2.05) is 18.2 Å². The van der Waals surface area contributed by atoms with Crippen molar-refractivity contribution in [2.75, 3.05) is 0 Å². The zero-order valence-corrected chi connectivity index (χ0v) is 29.3. The molecule has 4 aromatic carbocycles. The first kappa shape index (κ1) is 23.6. The van der Waals surface area contributed by atoms with Crippen LogP contribution in [0.4, 0.5) is 26.3 Å². The lowest BCUT2D eigenvalue weighted by Crippen LogP contribution is -2.10. The van der Waals surface area contributed by atoms with Crippen LogP contribution in [0.2, 0.25) is 0 Å². The lowest BCUT2D eigenvalue weighted by molar-refractivity contribution is 0.151. The summed E-state index contributed by atoms with van der Waals surface area (Å²) in [4.78, 5) is 0. The molecule has 0 fully saturated rings. The Bertz CT molecular complexity index is 1860. The van der Waals surface area contributed by atoms with Crippen molar-refractivity contribution in [2.45, 2.75) is 78.7 Å². The molecule has 2 aliphatic rings. The predicted molar refractivity (Wildman–Crippen MR) is 219 cm³/mol. The summed E-state index contributed by atoms with van der Waals surface area (Å²) in [7, 11) is 0. The lowest BCUT2D eigenvalue weighted by Gasteiger charge is -2.25. The highest BCUT2D eigenvalue weighted by molar-refractivity contribution is 6.17. The van der Waals surface area contributed by atoms with E-state index in [4.69, 9.17) is 50.2 Å². The van der Waals surface area contributed by atoms with Crippen molar-refractivity contribution in [1.29, 1.82) is 0 Å². The van der Waals surface area contributed by atoms with Gasteiger partial charge in [-0.1, -0.05) is 76.2 Å². The second-order valence-corrected chi connectivity index (χ2v) is 14.5. The van der Waals surface area contributed by atoms with Crippen molar-refractivity contribution in [3.05, 3.63) is 130 Å². The Hall–Kier alpha value is -3.81. The second-order valence-electron chi connectivity index (χ2n) is 14.2. The van der Waals surface area contributed by atoms with Crippen LogP contribution in [-0.2, 0) is 12.5 Å². The molecule has 2 aliphatic carbocycles. The van der Waals surface area contributed by atoms with E-state index in [0.717, 1.165) is 77.8 Å². The zero-order valence-electron chi connectivity index (χ0n) is 54.6. The average molecular weight is 790 g/mol. The van der Waals surface area contributed by atoms with Crippen molar-refractivity contribution in [1.82, 2.24) is 0 Å². The minimum absolute atomic E-state index is 0.0452. The zero-order chi connectivity index (χ0) is 62.4. The number of halogens is 7. The second kappa shape index (κ2) is 15.2. The highest BCUT2D eigenvalue weighted by atomic mass is 35.5. The Morgan fingerprint density at radius 3 is 1.40 bits per heavy atom. The van der Waals surface area contributed by atoms with Crippen LogP contribution in [-0.4, -0.2) is 5.11 Å². The molecule has 50 heavy (non-hydrogen) atoms. The van der Waals surface area contributed by atoms with Gasteiger partial charge in [0, 0.05) is 66.7 Å². The largest absolute Gasteiger partial charge is 0.392 e. The summed E-state index contributed by atoms with van der Waals surface area (Å²) in [5.74, 6) is -0.680. The number of hydrogen-bond acceptors (Lipinski definition) is 1. The lowest BCUT2D eigenvalue weighted by atomic mass is 9.79. The van der Waals surface area contributed by atoms with E-state index >= 15 is 0 Å². The van der Waals surface area contributed by atoms with Gasteiger partial charge in [-0.15, -0.1) is 11.6 Å². The monoisotopic (exact) mass is 789 g/mol. The molecule has 0 unspecified atom stereocenters. The Kier molecular flexibility index (Phi) is 7.18. The molecule has 8 heteroatoms. The van der Waals surface area contributed by atoms with Crippen LogP contribution in [0.15, 0.2) is 84.9 Å². The van der Waals surface area contributed by atoms with E-state index in [2.05, 4.69) is 39.8 Å². The molecular formula is C42H67ClF6O. The number of allylic oxidation sites excluding steroid dienone is 4. The van der Waals surface area contributed by atoms with Crippen LogP contribution in [0.25, 0.3) is 33.4 Å². The summed E-state index contributed by atoms with van der Waals surface area (Å²) in [6, 6.07) is 17.7.